The molecule has 118 valence electrons. The molecule has 1 heterocycles. The number of nitrogens with one attached hydrogen (secondary N) is 3. The van der Waals surface area contributed by atoms with E-state index in [1.165, 1.54) is 6.33 Å². The lowest BCUT2D eigenvalue weighted by molar-refractivity contribution is -0.119. The zero-order valence-electron chi connectivity index (χ0n) is 13.2. The minimum atomic E-state index is -0.0923. The molecule has 7 heteroatoms. The molecule has 0 spiro atoms. The molecule has 0 saturated heterocycles. The highest BCUT2D eigenvalue weighted by Crippen LogP contribution is 2.27. The Morgan fingerprint density at radius 2 is 1.95 bits per heavy atom. The SMILES string of the molecule is CCNc1ncnc(NCC(=O)NCCOC)c1C(C)C. The molecule has 21 heavy (non-hydrogen) atoms. The molecule has 0 saturated carbocycles. The molecule has 0 aromatic carbocycles. The van der Waals surface area contributed by atoms with Crippen LogP contribution in [0.15, 0.2) is 6.33 Å². The van der Waals surface area contributed by atoms with E-state index in [0.29, 0.717) is 19.0 Å². The third kappa shape index (κ3) is 5.55. The highest BCUT2D eigenvalue weighted by molar-refractivity contribution is 5.80. The van der Waals surface area contributed by atoms with Gasteiger partial charge in [-0.15, -0.1) is 0 Å². The van der Waals surface area contributed by atoms with E-state index < -0.39 is 0 Å². The van der Waals surface area contributed by atoms with Gasteiger partial charge in [-0.1, -0.05) is 13.8 Å². The first-order chi connectivity index (χ1) is 10.1. The van der Waals surface area contributed by atoms with Crippen molar-refractivity contribution in [3.63, 3.8) is 0 Å². The Morgan fingerprint density at radius 3 is 2.52 bits per heavy atom. The Bertz CT molecular complexity index is 451. The largest absolute Gasteiger partial charge is 0.383 e. The molecule has 0 aliphatic rings. The highest BCUT2D eigenvalue weighted by Gasteiger charge is 2.15. The fourth-order valence-electron chi connectivity index (χ4n) is 1.91. The lowest BCUT2D eigenvalue weighted by Crippen LogP contribution is -2.32. The van der Waals surface area contributed by atoms with Crippen molar-refractivity contribution in [2.75, 3.05) is 44.0 Å². The molecular weight excluding hydrogens is 270 g/mol. The summed E-state index contributed by atoms with van der Waals surface area (Å²) in [4.78, 5) is 20.2. The smallest absolute Gasteiger partial charge is 0.239 e. The van der Waals surface area contributed by atoms with Crippen molar-refractivity contribution in [1.82, 2.24) is 15.3 Å². The van der Waals surface area contributed by atoms with Crippen LogP contribution in [-0.2, 0) is 9.53 Å². The molecule has 0 aliphatic heterocycles. The van der Waals surface area contributed by atoms with Crippen LogP contribution in [0.1, 0.15) is 32.3 Å². The molecule has 1 amide bonds. The minimum Gasteiger partial charge on any atom is -0.383 e. The van der Waals surface area contributed by atoms with Crippen LogP contribution in [0.5, 0.6) is 0 Å². The number of hydrogen-bond donors (Lipinski definition) is 3. The first-order valence-electron chi connectivity index (χ1n) is 7.18. The van der Waals surface area contributed by atoms with Gasteiger partial charge in [0.1, 0.15) is 18.0 Å². The summed E-state index contributed by atoms with van der Waals surface area (Å²) < 4.78 is 4.88. The number of nitrogens with zero attached hydrogens (tertiary/aromatic N) is 2. The van der Waals surface area contributed by atoms with Crippen LogP contribution in [0.3, 0.4) is 0 Å². The molecule has 1 aromatic heterocycles. The normalized spacial score (nSPS) is 10.5. The van der Waals surface area contributed by atoms with Gasteiger partial charge in [0.05, 0.1) is 13.2 Å². The quantitative estimate of drug-likeness (QED) is 0.593. The molecule has 0 fully saturated rings. The molecule has 1 rings (SSSR count). The Morgan fingerprint density at radius 1 is 1.29 bits per heavy atom. The Kier molecular flexibility index (Phi) is 7.45. The van der Waals surface area contributed by atoms with E-state index in [9.17, 15) is 4.79 Å². The highest BCUT2D eigenvalue weighted by atomic mass is 16.5. The lowest BCUT2D eigenvalue weighted by Gasteiger charge is -2.17. The zero-order chi connectivity index (χ0) is 15.7. The molecule has 0 unspecified atom stereocenters. The number of anilines is 2. The maximum absolute atomic E-state index is 11.7. The van der Waals surface area contributed by atoms with E-state index in [4.69, 9.17) is 4.74 Å². The number of carbonyl (C=O) groups is 1. The van der Waals surface area contributed by atoms with E-state index in [1.807, 2.05) is 6.92 Å². The summed E-state index contributed by atoms with van der Waals surface area (Å²) in [7, 11) is 1.60. The van der Waals surface area contributed by atoms with Gasteiger partial charge in [-0.25, -0.2) is 9.97 Å². The van der Waals surface area contributed by atoms with Gasteiger partial charge in [-0.05, 0) is 12.8 Å². The van der Waals surface area contributed by atoms with Gasteiger partial charge < -0.3 is 20.7 Å². The number of hydrogen-bond acceptors (Lipinski definition) is 6. The van der Waals surface area contributed by atoms with E-state index >= 15 is 0 Å². The van der Waals surface area contributed by atoms with Gasteiger partial charge in [0.15, 0.2) is 0 Å². The van der Waals surface area contributed by atoms with Gasteiger partial charge in [0.25, 0.3) is 0 Å². The summed E-state index contributed by atoms with van der Waals surface area (Å²) in [6.07, 6.45) is 1.50. The maximum atomic E-state index is 11.7. The van der Waals surface area contributed by atoms with E-state index in [1.54, 1.807) is 7.11 Å². The number of carbonyl (C=O) groups excluding carboxylic acids is 1. The maximum Gasteiger partial charge on any atom is 0.239 e. The molecule has 0 atom stereocenters. The number of ether oxygens (including phenoxy) is 1. The number of methoxy groups -OCH3 is 1. The second-order valence-electron chi connectivity index (χ2n) is 4.87. The molecular formula is C14H25N5O2. The molecule has 1 aromatic rings. The van der Waals surface area contributed by atoms with Crippen molar-refractivity contribution in [2.45, 2.75) is 26.7 Å². The predicted molar refractivity (Wildman–Crippen MR) is 83.7 cm³/mol. The second-order valence-corrected chi connectivity index (χ2v) is 4.87. The van der Waals surface area contributed by atoms with Crippen LogP contribution in [-0.4, -0.2) is 49.2 Å². The van der Waals surface area contributed by atoms with E-state index in [0.717, 1.165) is 17.9 Å². The van der Waals surface area contributed by atoms with E-state index in [2.05, 4.69) is 39.8 Å². The molecule has 0 bridgehead atoms. The first kappa shape index (κ1) is 17.2. The van der Waals surface area contributed by atoms with Crippen LogP contribution in [0.4, 0.5) is 11.6 Å². The fraction of sp³-hybridized carbons (Fsp3) is 0.643. The Hall–Kier alpha value is -1.89. The first-order valence-corrected chi connectivity index (χ1v) is 7.18. The van der Waals surface area contributed by atoms with Gasteiger partial charge >= 0.3 is 0 Å². The van der Waals surface area contributed by atoms with Gasteiger partial charge in [0.2, 0.25) is 5.91 Å². The van der Waals surface area contributed by atoms with Crippen molar-refractivity contribution in [2.24, 2.45) is 0 Å². The third-order valence-corrected chi connectivity index (χ3v) is 2.85. The monoisotopic (exact) mass is 295 g/mol. The van der Waals surface area contributed by atoms with E-state index in [-0.39, 0.29) is 18.4 Å². The summed E-state index contributed by atoms with van der Waals surface area (Å²) in [6, 6.07) is 0. The predicted octanol–water partition coefficient (Wildman–Crippen LogP) is 1.21. The Labute approximate surface area is 125 Å². The van der Waals surface area contributed by atoms with Crippen molar-refractivity contribution in [3.05, 3.63) is 11.9 Å². The number of rotatable bonds is 9. The van der Waals surface area contributed by atoms with Gasteiger partial charge in [0, 0.05) is 25.8 Å². The van der Waals surface area contributed by atoms with Crippen LogP contribution < -0.4 is 16.0 Å². The summed E-state index contributed by atoms with van der Waals surface area (Å²) >= 11 is 0. The molecule has 7 nitrogen and oxygen atoms in total. The zero-order valence-corrected chi connectivity index (χ0v) is 13.2. The summed E-state index contributed by atoms with van der Waals surface area (Å²) in [5.41, 5.74) is 0.990. The van der Waals surface area contributed by atoms with Crippen LogP contribution in [0.25, 0.3) is 0 Å². The van der Waals surface area contributed by atoms with Crippen LogP contribution in [0.2, 0.25) is 0 Å². The molecule has 3 N–H and O–H groups in total. The second kappa shape index (κ2) is 9.12. The summed E-state index contributed by atoms with van der Waals surface area (Å²) in [6.45, 7) is 8.12. The van der Waals surface area contributed by atoms with Crippen molar-refractivity contribution < 1.29 is 9.53 Å². The molecule has 0 radical (unpaired) electrons. The van der Waals surface area contributed by atoms with Gasteiger partial charge in [-0.3, -0.25) is 4.79 Å². The van der Waals surface area contributed by atoms with Crippen molar-refractivity contribution >= 4 is 17.5 Å². The minimum absolute atomic E-state index is 0.0923. The Balaban J connectivity index is 2.69. The summed E-state index contributed by atoms with van der Waals surface area (Å²) in [5, 5.41) is 9.05. The van der Waals surface area contributed by atoms with Gasteiger partial charge in [-0.2, -0.15) is 0 Å². The van der Waals surface area contributed by atoms with Crippen LogP contribution in [0, 0.1) is 0 Å². The van der Waals surface area contributed by atoms with Crippen LogP contribution >= 0.6 is 0 Å². The average molecular weight is 295 g/mol. The third-order valence-electron chi connectivity index (χ3n) is 2.85. The number of aromatic nitrogens is 2. The van der Waals surface area contributed by atoms with Crippen molar-refractivity contribution in [1.29, 1.82) is 0 Å². The molecule has 0 aliphatic carbocycles. The average Bonchev–Trinajstić information content (AvgIpc) is 2.45. The number of amides is 1. The summed E-state index contributed by atoms with van der Waals surface area (Å²) in [5.74, 6) is 1.66. The fourth-order valence-corrected chi connectivity index (χ4v) is 1.91. The lowest BCUT2D eigenvalue weighted by atomic mass is 10.0. The van der Waals surface area contributed by atoms with Crippen molar-refractivity contribution in [3.8, 4) is 0 Å². The topological polar surface area (TPSA) is 88.2 Å². The standard InChI is InChI=1S/C14H25N5O2/c1-5-15-13-12(10(2)3)14(19-9-18-13)17-8-11(20)16-6-7-21-4/h9-10H,5-8H2,1-4H3,(H,16,20)(H2,15,17,18,19).